The van der Waals surface area contributed by atoms with E-state index in [1.165, 1.54) is 0 Å². The summed E-state index contributed by atoms with van der Waals surface area (Å²) >= 11 is 0. The monoisotopic (exact) mass is 289 g/mol. The SMILES string of the molecule is CC[C@@H](C)C1(CCc2ccncc2)C(=O)NC(=O)NC1=O. The lowest BCUT2D eigenvalue weighted by Gasteiger charge is -2.38. The number of nitrogens with zero attached hydrogens (tertiary/aromatic N) is 1. The van der Waals surface area contributed by atoms with Gasteiger partial charge in [0.25, 0.3) is 0 Å². The first kappa shape index (κ1) is 15.2. The van der Waals surface area contributed by atoms with Gasteiger partial charge >= 0.3 is 6.03 Å². The summed E-state index contributed by atoms with van der Waals surface area (Å²) in [4.78, 5) is 39.9. The zero-order chi connectivity index (χ0) is 15.5. The van der Waals surface area contributed by atoms with Crippen LogP contribution < -0.4 is 10.6 Å². The molecule has 1 aromatic heterocycles. The minimum absolute atomic E-state index is 0.160. The molecule has 0 aliphatic carbocycles. The van der Waals surface area contributed by atoms with Crippen molar-refractivity contribution in [2.75, 3.05) is 0 Å². The molecule has 6 nitrogen and oxygen atoms in total. The van der Waals surface area contributed by atoms with Crippen molar-refractivity contribution in [2.24, 2.45) is 11.3 Å². The van der Waals surface area contributed by atoms with Gasteiger partial charge in [-0.3, -0.25) is 25.2 Å². The Kier molecular flexibility index (Phi) is 4.35. The summed E-state index contributed by atoms with van der Waals surface area (Å²) in [5, 5.41) is 4.46. The summed E-state index contributed by atoms with van der Waals surface area (Å²) in [7, 11) is 0. The minimum atomic E-state index is -1.20. The van der Waals surface area contributed by atoms with Gasteiger partial charge in [-0.1, -0.05) is 20.3 Å². The predicted molar refractivity (Wildman–Crippen MR) is 76.1 cm³/mol. The number of carbonyl (C=O) groups excluding carboxylic acids is 3. The van der Waals surface area contributed by atoms with Gasteiger partial charge in [0.2, 0.25) is 11.8 Å². The van der Waals surface area contributed by atoms with Gasteiger partial charge in [0.15, 0.2) is 0 Å². The van der Waals surface area contributed by atoms with Crippen LogP contribution in [0.4, 0.5) is 4.79 Å². The highest BCUT2D eigenvalue weighted by Gasteiger charge is 2.52. The zero-order valence-corrected chi connectivity index (χ0v) is 12.2. The molecular weight excluding hydrogens is 270 g/mol. The second kappa shape index (κ2) is 6.03. The van der Waals surface area contributed by atoms with Crippen molar-refractivity contribution in [3.63, 3.8) is 0 Å². The number of barbiturate groups is 1. The Morgan fingerprint density at radius 1 is 1.14 bits per heavy atom. The largest absolute Gasteiger partial charge is 0.328 e. The van der Waals surface area contributed by atoms with Crippen molar-refractivity contribution in [1.29, 1.82) is 0 Å². The van der Waals surface area contributed by atoms with Crippen molar-refractivity contribution in [3.05, 3.63) is 30.1 Å². The Balaban J connectivity index is 2.27. The second-order valence-electron chi connectivity index (χ2n) is 5.37. The van der Waals surface area contributed by atoms with E-state index in [-0.39, 0.29) is 5.92 Å². The maximum absolute atomic E-state index is 12.4. The van der Waals surface area contributed by atoms with Gasteiger partial charge in [-0.2, -0.15) is 0 Å². The molecule has 4 amide bonds. The molecule has 0 aromatic carbocycles. The van der Waals surface area contributed by atoms with Gasteiger partial charge in [0.1, 0.15) is 5.41 Å². The summed E-state index contributed by atoms with van der Waals surface area (Å²) in [6.07, 6.45) is 4.95. The lowest BCUT2D eigenvalue weighted by molar-refractivity contribution is -0.148. The van der Waals surface area contributed by atoms with E-state index < -0.39 is 23.3 Å². The number of aromatic nitrogens is 1. The Bertz CT molecular complexity index is 537. The lowest BCUT2D eigenvalue weighted by atomic mass is 9.69. The molecule has 0 saturated carbocycles. The summed E-state index contributed by atoms with van der Waals surface area (Å²) in [6, 6.07) is 2.97. The number of urea groups is 1. The molecule has 0 spiro atoms. The van der Waals surface area contributed by atoms with Crippen LogP contribution in [0, 0.1) is 11.3 Å². The average molecular weight is 289 g/mol. The molecule has 2 rings (SSSR count). The highest BCUT2D eigenvalue weighted by Crippen LogP contribution is 2.37. The van der Waals surface area contributed by atoms with E-state index >= 15 is 0 Å². The van der Waals surface area contributed by atoms with Gasteiger partial charge in [0.05, 0.1) is 0 Å². The van der Waals surface area contributed by atoms with Crippen LogP contribution in [-0.2, 0) is 16.0 Å². The molecule has 1 atom stereocenters. The van der Waals surface area contributed by atoms with Crippen LogP contribution in [0.1, 0.15) is 32.3 Å². The molecule has 21 heavy (non-hydrogen) atoms. The van der Waals surface area contributed by atoms with Crippen LogP contribution in [0.15, 0.2) is 24.5 Å². The van der Waals surface area contributed by atoms with E-state index in [0.29, 0.717) is 19.3 Å². The molecule has 0 radical (unpaired) electrons. The van der Waals surface area contributed by atoms with Gasteiger partial charge in [-0.05, 0) is 36.5 Å². The molecule has 1 saturated heterocycles. The predicted octanol–water partition coefficient (Wildman–Crippen LogP) is 1.41. The third-order valence-corrected chi connectivity index (χ3v) is 4.28. The molecule has 6 heteroatoms. The smallest absolute Gasteiger partial charge is 0.277 e. The second-order valence-corrected chi connectivity index (χ2v) is 5.37. The highest BCUT2D eigenvalue weighted by atomic mass is 16.2. The van der Waals surface area contributed by atoms with Crippen LogP contribution in [0.5, 0.6) is 0 Å². The van der Waals surface area contributed by atoms with Crippen LogP contribution in [-0.4, -0.2) is 22.8 Å². The van der Waals surface area contributed by atoms with Crippen molar-refractivity contribution < 1.29 is 14.4 Å². The molecule has 1 fully saturated rings. The first-order valence-electron chi connectivity index (χ1n) is 7.06. The van der Waals surface area contributed by atoms with E-state index in [4.69, 9.17) is 0 Å². The minimum Gasteiger partial charge on any atom is -0.277 e. The summed E-state index contributed by atoms with van der Waals surface area (Å²) < 4.78 is 0. The number of hydrogen-bond donors (Lipinski definition) is 2. The van der Waals surface area contributed by atoms with Crippen LogP contribution >= 0.6 is 0 Å². The molecule has 0 bridgehead atoms. The molecule has 1 aromatic rings. The Hall–Kier alpha value is -2.24. The fraction of sp³-hybridized carbons (Fsp3) is 0.467. The fourth-order valence-corrected chi connectivity index (χ4v) is 2.72. The number of carbonyl (C=O) groups is 3. The number of nitrogens with one attached hydrogen (secondary N) is 2. The van der Waals surface area contributed by atoms with Gasteiger partial charge < -0.3 is 0 Å². The first-order valence-corrected chi connectivity index (χ1v) is 7.06. The topological polar surface area (TPSA) is 88.2 Å². The van der Waals surface area contributed by atoms with E-state index in [1.54, 1.807) is 12.4 Å². The molecule has 2 heterocycles. The van der Waals surface area contributed by atoms with Crippen LogP contribution in [0.3, 0.4) is 0 Å². The molecule has 1 aliphatic heterocycles. The molecule has 2 N–H and O–H groups in total. The molecule has 1 aliphatic rings. The fourth-order valence-electron chi connectivity index (χ4n) is 2.72. The number of imide groups is 2. The Labute approximate surface area is 123 Å². The van der Waals surface area contributed by atoms with Crippen molar-refractivity contribution in [1.82, 2.24) is 15.6 Å². The van der Waals surface area contributed by atoms with Gasteiger partial charge in [0, 0.05) is 12.4 Å². The Morgan fingerprint density at radius 3 is 2.24 bits per heavy atom. The lowest BCUT2D eigenvalue weighted by Crippen LogP contribution is -2.64. The molecule has 0 unspecified atom stereocenters. The normalized spacial score (nSPS) is 18.9. The maximum atomic E-state index is 12.4. The Morgan fingerprint density at radius 2 is 1.71 bits per heavy atom. The third-order valence-electron chi connectivity index (χ3n) is 4.28. The third kappa shape index (κ3) is 2.79. The van der Waals surface area contributed by atoms with Crippen LogP contribution in [0.25, 0.3) is 0 Å². The molecule has 112 valence electrons. The standard InChI is InChI=1S/C15H19N3O3/c1-3-10(2)15(7-4-11-5-8-16-9-6-11)12(19)17-14(21)18-13(15)20/h5-6,8-10H,3-4,7H2,1-2H3,(H2,17,18,19,20,21)/t10-/m1/s1. The summed E-state index contributed by atoms with van der Waals surface area (Å²) in [5.41, 5.74) is -0.198. The number of pyridine rings is 1. The van der Waals surface area contributed by atoms with E-state index in [9.17, 15) is 14.4 Å². The average Bonchev–Trinajstić information content (AvgIpc) is 2.47. The zero-order valence-electron chi connectivity index (χ0n) is 12.2. The van der Waals surface area contributed by atoms with Gasteiger partial charge in [-0.15, -0.1) is 0 Å². The number of rotatable bonds is 5. The number of aryl methyl sites for hydroxylation is 1. The number of amides is 4. The molecular formula is C15H19N3O3. The van der Waals surface area contributed by atoms with Crippen molar-refractivity contribution in [2.45, 2.75) is 33.1 Å². The van der Waals surface area contributed by atoms with Crippen molar-refractivity contribution >= 4 is 17.8 Å². The van der Waals surface area contributed by atoms with E-state index in [0.717, 1.165) is 5.56 Å². The number of hydrogen-bond acceptors (Lipinski definition) is 4. The summed E-state index contributed by atoms with van der Waals surface area (Å²) in [5.74, 6) is -1.16. The van der Waals surface area contributed by atoms with E-state index in [2.05, 4.69) is 15.6 Å². The van der Waals surface area contributed by atoms with Gasteiger partial charge in [-0.25, -0.2) is 4.79 Å². The summed E-state index contributed by atoms with van der Waals surface area (Å²) in [6.45, 7) is 3.79. The maximum Gasteiger partial charge on any atom is 0.328 e. The first-order chi connectivity index (χ1) is 10.0. The highest BCUT2D eigenvalue weighted by molar-refractivity contribution is 6.19. The van der Waals surface area contributed by atoms with E-state index in [1.807, 2.05) is 26.0 Å². The van der Waals surface area contributed by atoms with Crippen molar-refractivity contribution in [3.8, 4) is 0 Å². The quantitative estimate of drug-likeness (QED) is 0.802. The van der Waals surface area contributed by atoms with Crippen LogP contribution in [0.2, 0.25) is 0 Å².